The molecule has 0 aromatic carbocycles. The van der Waals surface area contributed by atoms with Gasteiger partial charge < -0.3 is 10.1 Å². The lowest BCUT2D eigenvalue weighted by molar-refractivity contribution is 0.0604. The molecule has 106 valence electrons. The average molecular weight is 276 g/mol. The van der Waals surface area contributed by atoms with E-state index >= 15 is 0 Å². The molecule has 0 amide bonds. The number of nitrogens with one attached hydrogen (secondary N) is 1. The van der Waals surface area contributed by atoms with E-state index in [2.05, 4.69) is 5.32 Å². The minimum Gasteiger partial charge on any atom is -0.381 e. The first-order chi connectivity index (χ1) is 8.62. The molecule has 5 nitrogen and oxygen atoms in total. The highest BCUT2D eigenvalue weighted by atomic mass is 32.2. The maximum atomic E-state index is 12.3. The van der Waals surface area contributed by atoms with Crippen LogP contribution in [0.5, 0.6) is 0 Å². The Labute approximate surface area is 110 Å². The van der Waals surface area contributed by atoms with Gasteiger partial charge in [0, 0.05) is 26.2 Å². The fourth-order valence-electron chi connectivity index (χ4n) is 2.77. The van der Waals surface area contributed by atoms with Crippen molar-refractivity contribution >= 4 is 10.0 Å². The largest absolute Gasteiger partial charge is 0.381 e. The van der Waals surface area contributed by atoms with E-state index in [1.807, 2.05) is 0 Å². The minimum atomic E-state index is -3.10. The van der Waals surface area contributed by atoms with Crippen molar-refractivity contribution in [2.75, 3.05) is 32.5 Å². The summed E-state index contributed by atoms with van der Waals surface area (Å²) in [4.78, 5) is 0. The van der Waals surface area contributed by atoms with Gasteiger partial charge in [0.2, 0.25) is 10.0 Å². The molecule has 0 aromatic rings. The highest BCUT2D eigenvalue weighted by Crippen LogP contribution is 2.18. The summed E-state index contributed by atoms with van der Waals surface area (Å²) in [5.74, 6) is 0.255. The average Bonchev–Trinajstić information content (AvgIpc) is 2.39. The van der Waals surface area contributed by atoms with Gasteiger partial charge in [-0.05, 0) is 32.2 Å². The van der Waals surface area contributed by atoms with Crippen LogP contribution in [0.15, 0.2) is 0 Å². The van der Waals surface area contributed by atoms with Crippen LogP contribution in [-0.2, 0) is 14.8 Å². The third kappa shape index (κ3) is 3.66. The fraction of sp³-hybridized carbons (Fsp3) is 1.00. The Bertz CT molecular complexity index is 344. The van der Waals surface area contributed by atoms with Crippen LogP contribution in [0.3, 0.4) is 0 Å². The minimum absolute atomic E-state index is 0.142. The Kier molecular flexibility index (Phi) is 5.00. The lowest BCUT2D eigenvalue weighted by Crippen LogP contribution is -2.47. The zero-order chi connectivity index (χ0) is 13.0. The summed E-state index contributed by atoms with van der Waals surface area (Å²) in [5, 5.41) is 3.30. The Hall–Kier alpha value is -0.170. The molecule has 1 N–H and O–H groups in total. The molecule has 2 aliphatic heterocycles. The molecule has 0 aliphatic carbocycles. The monoisotopic (exact) mass is 276 g/mol. The summed E-state index contributed by atoms with van der Waals surface area (Å²) >= 11 is 0. The predicted octanol–water partition coefficient (Wildman–Crippen LogP) is 0.569. The van der Waals surface area contributed by atoms with Crippen LogP contribution in [0.1, 0.15) is 32.1 Å². The van der Waals surface area contributed by atoms with Crippen molar-refractivity contribution in [3.05, 3.63) is 0 Å². The number of ether oxygens (including phenoxy) is 1. The van der Waals surface area contributed by atoms with Gasteiger partial charge in [0.05, 0.1) is 11.9 Å². The number of piperidine rings is 2. The standard InChI is InChI=1S/C12H24N2O3S/c1-17-12-5-8-14(9-6-12)18(15,16)10-11-4-2-3-7-13-11/h11-13H,2-10H2,1H3. The van der Waals surface area contributed by atoms with E-state index in [4.69, 9.17) is 4.74 Å². The summed E-state index contributed by atoms with van der Waals surface area (Å²) in [5.41, 5.74) is 0. The molecule has 2 fully saturated rings. The summed E-state index contributed by atoms with van der Waals surface area (Å²) in [6.07, 6.45) is 5.13. The Balaban J connectivity index is 1.86. The SMILES string of the molecule is COC1CCN(S(=O)(=O)CC2CCCCN2)CC1. The van der Waals surface area contributed by atoms with E-state index in [-0.39, 0.29) is 17.9 Å². The van der Waals surface area contributed by atoms with Crippen LogP contribution in [0.25, 0.3) is 0 Å². The zero-order valence-electron chi connectivity index (χ0n) is 11.1. The first-order valence-electron chi connectivity index (χ1n) is 6.86. The number of methoxy groups -OCH3 is 1. The third-order valence-electron chi connectivity index (χ3n) is 3.95. The second-order valence-electron chi connectivity index (χ2n) is 5.26. The number of sulfonamides is 1. The van der Waals surface area contributed by atoms with Gasteiger partial charge in [0.25, 0.3) is 0 Å². The first-order valence-corrected chi connectivity index (χ1v) is 8.47. The Morgan fingerprint density at radius 1 is 1.22 bits per heavy atom. The van der Waals surface area contributed by atoms with Crippen molar-refractivity contribution in [1.82, 2.24) is 9.62 Å². The summed E-state index contributed by atoms with van der Waals surface area (Å²) in [7, 11) is -1.40. The van der Waals surface area contributed by atoms with E-state index in [1.165, 1.54) is 0 Å². The molecular formula is C12H24N2O3S. The summed E-state index contributed by atoms with van der Waals surface area (Å²) in [6.45, 7) is 2.16. The molecule has 0 bridgehead atoms. The molecule has 6 heteroatoms. The number of hydrogen-bond donors (Lipinski definition) is 1. The van der Waals surface area contributed by atoms with Crippen LogP contribution in [0.4, 0.5) is 0 Å². The molecule has 0 radical (unpaired) electrons. The smallest absolute Gasteiger partial charge is 0.215 e. The Morgan fingerprint density at radius 2 is 1.94 bits per heavy atom. The van der Waals surface area contributed by atoms with Gasteiger partial charge in [0.1, 0.15) is 0 Å². The topological polar surface area (TPSA) is 58.6 Å². The fourth-order valence-corrected chi connectivity index (χ4v) is 4.54. The maximum Gasteiger partial charge on any atom is 0.215 e. The molecule has 1 atom stereocenters. The summed E-state index contributed by atoms with van der Waals surface area (Å²) in [6, 6.07) is 0.142. The number of rotatable bonds is 4. The van der Waals surface area contributed by atoms with Gasteiger partial charge in [-0.25, -0.2) is 12.7 Å². The normalized spacial score (nSPS) is 28.4. The van der Waals surface area contributed by atoms with Crippen molar-refractivity contribution in [3.8, 4) is 0 Å². The Morgan fingerprint density at radius 3 is 2.50 bits per heavy atom. The van der Waals surface area contributed by atoms with E-state index in [0.717, 1.165) is 38.6 Å². The van der Waals surface area contributed by atoms with Crippen LogP contribution in [0.2, 0.25) is 0 Å². The van der Waals surface area contributed by atoms with Crippen LogP contribution in [0, 0.1) is 0 Å². The lowest BCUT2D eigenvalue weighted by atomic mass is 10.1. The van der Waals surface area contributed by atoms with Crippen molar-refractivity contribution < 1.29 is 13.2 Å². The van der Waals surface area contributed by atoms with Crippen molar-refractivity contribution in [3.63, 3.8) is 0 Å². The lowest BCUT2D eigenvalue weighted by Gasteiger charge is -2.32. The highest BCUT2D eigenvalue weighted by Gasteiger charge is 2.30. The van der Waals surface area contributed by atoms with Crippen LogP contribution >= 0.6 is 0 Å². The molecule has 0 aromatic heterocycles. The second-order valence-corrected chi connectivity index (χ2v) is 7.27. The van der Waals surface area contributed by atoms with Gasteiger partial charge in [-0.1, -0.05) is 6.42 Å². The van der Waals surface area contributed by atoms with Gasteiger partial charge in [0.15, 0.2) is 0 Å². The molecule has 2 rings (SSSR count). The third-order valence-corrected chi connectivity index (χ3v) is 5.93. The zero-order valence-corrected chi connectivity index (χ0v) is 11.9. The van der Waals surface area contributed by atoms with Gasteiger partial charge in [-0.2, -0.15) is 0 Å². The van der Waals surface area contributed by atoms with E-state index in [0.29, 0.717) is 13.1 Å². The molecule has 0 saturated carbocycles. The van der Waals surface area contributed by atoms with Gasteiger partial charge in [-0.15, -0.1) is 0 Å². The molecule has 18 heavy (non-hydrogen) atoms. The highest BCUT2D eigenvalue weighted by molar-refractivity contribution is 7.89. The molecule has 1 unspecified atom stereocenters. The molecular weight excluding hydrogens is 252 g/mol. The van der Waals surface area contributed by atoms with E-state index < -0.39 is 10.0 Å². The van der Waals surface area contributed by atoms with Crippen LogP contribution in [-0.4, -0.2) is 57.4 Å². The predicted molar refractivity (Wildman–Crippen MR) is 71.0 cm³/mol. The van der Waals surface area contributed by atoms with Crippen molar-refractivity contribution in [2.45, 2.75) is 44.2 Å². The molecule has 2 heterocycles. The van der Waals surface area contributed by atoms with Gasteiger partial charge in [-0.3, -0.25) is 0 Å². The number of hydrogen-bond acceptors (Lipinski definition) is 4. The van der Waals surface area contributed by atoms with Gasteiger partial charge >= 0.3 is 0 Å². The molecule has 2 aliphatic rings. The molecule has 2 saturated heterocycles. The van der Waals surface area contributed by atoms with E-state index in [9.17, 15) is 8.42 Å². The molecule has 0 spiro atoms. The quantitative estimate of drug-likeness (QED) is 0.815. The van der Waals surface area contributed by atoms with Crippen molar-refractivity contribution in [2.24, 2.45) is 0 Å². The van der Waals surface area contributed by atoms with Crippen molar-refractivity contribution in [1.29, 1.82) is 0 Å². The number of nitrogens with zero attached hydrogens (tertiary/aromatic N) is 1. The van der Waals surface area contributed by atoms with Crippen LogP contribution < -0.4 is 5.32 Å². The summed E-state index contributed by atoms with van der Waals surface area (Å²) < 4.78 is 31.5. The first kappa shape index (κ1) is 14.2. The maximum absolute atomic E-state index is 12.3. The second kappa shape index (κ2) is 6.32. The van der Waals surface area contributed by atoms with E-state index in [1.54, 1.807) is 11.4 Å².